The normalized spacial score (nSPS) is 10.4. The van der Waals surface area contributed by atoms with Crippen LogP contribution in [0.3, 0.4) is 0 Å². The number of hydrogen-bond acceptors (Lipinski definition) is 5. The summed E-state index contributed by atoms with van der Waals surface area (Å²) < 4.78 is 6.19. The van der Waals surface area contributed by atoms with Gasteiger partial charge in [0.1, 0.15) is 0 Å². The zero-order valence-electron chi connectivity index (χ0n) is 10.4. The molecule has 2 heterocycles. The van der Waals surface area contributed by atoms with Gasteiger partial charge in [0, 0.05) is 30.9 Å². The number of nitrogens with zero attached hydrogens (tertiary/aromatic N) is 3. The van der Waals surface area contributed by atoms with E-state index in [0.29, 0.717) is 0 Å². The Morgan fingerprint density at radius 3 is 2.79 bits per heavy atom. The molecule has 0 atom stereocenters. The number of amides is 1. The van der Waals surface area contributed by atoms with Gasteiger partial charge in [0.05, 0.1) is 6.20 Å². The Kier molecular flexibility index (Phi) is 3.32. The first-order valence-corrected chi connectivity index (χ1v) is 5.44. The molecule has 2 N–H and O–H groups in total. The van der Waals surface area contributed by atoms with Gasteiger partial charge in [0.25, 0.3) is 5.91 Å². The largest absolute Gasteiger partial charge is 0.475 e. The molecular formula is C11H12N4O4. The van der Waals surface area contributed by atoms with Gasteiger partial charge in [0.2, 0.25) is 5.76 Å². The van der Waals surface area contributed by atoms with Gasteiger partial charge in [-0.15, -0.1) is 0 Å². The van der Waals surface area contributed by atoms with Crippen LogP contribution in [0, 0.1) is 6.92 Å². The predicted octanol–water partition coefficient (Wildman–Crippen LogP) is 0.345. The molecule has 0 aliphatic heterocycles. The number of rotatable bonds is 4. The van der Waals surface area contributed by atoms with Gasteiger partial charge in [-0.3, -0.25) is 9.48 Å². The summed E-state index contributed by atoms with van der Waals surface area (Å²) in [6, 6.07) is 1.08. The van der Waals surface area contributed by atoms with Crippen LogP contribution in [-0.2, 0) is 13.6 Å². The van der Waals surface area contributed by atoms with E-state index in [0.717, 1.165) is 17.3 Å². The number of aromatic nitrogens is 3. The molecule has 0 saturated carbocycles. The molecule has 100 valence electrons. The number of hydrogen-bond donors (Lipinski definition) is 2. The highest BCUT2D eigenvalue weighted by molar-refractivity contribution is 5.94. The number of carboxylic acid groups (broad SMARTS) is 1. The van der Waals surface area contributed by atoms with Gasteiger partial charge >= 0.3 is 5.97 Å². The molecule has 0 radical (unpaired) electrons. The lowest BCUT2D eigenvalue weighted by Gasteiger charge is -2.02. The molecule has 0 aliphatic rings. The quantitative estimate of drug-likeness (QED) is 0.824. The lowest BCUT2D eigenvalue weighted by molar-refractivity contribution is 0.0651. The van der Waals surface area contributed by atoms with Crippen LogP contribution in [0.4, 0.5) is 0 Å². The Balaban J connectivity index is 2.01. The van der Waals surface area contributed by atoms with Crippen molar-refractivity contribution in [2.75, 3.05) is 0 Å². The van der Waals surface area contributed by atoms with Crippen LogP contribution in [0.5, 0.6) is 0 Å². The maximum Gasteiger partial charge on any atom is 0.374 e. The number of carboxylic acids is 1. The van der Waals surface area contributed by atoms with Gasteiger partial charge in [-0.25, -0.2) is 4.79 Å². The third-order valence-electron chi connectivity index (χ3n) is 2.73. The average Bonchev–Trinajstić information content (AvgIpc) is 2.97. The lowest BCUT2D eigenvalue weighted by Crippen LogP contribution is -2.23. The average molecular weight is 264 g/mol. The van der Waals surface area contributed by atoms with Gasteiger partial charge in [-0.1, -0.05) is 5.16 Å². The van der Waals surface area contributed by atoms with Crippen molar-refractivity contribution in [1.82, 2.24) is 20.3 Å². The molecule has 0 saturated heterocycles. The van der Waals surface area contributed by atoms with Crippen molar-refractivity contribution in [3.63, 3.8) is 0 Å². The molecule has 0 fully saturated rings. The number of aryl methyl sites for hydroxylation is 1. The smallest absolute Gasteiger partial charge is 0.374 e. The fourth-order valence-electron chi connectivity index (χ4n) is 1.47. The van der Waals surface area contributed by atoms with E-state index in [1.807, 2.05) is 6.92 Å². The zero-order valence-corrected chi connectivity index (χ0v) is 10.4. The Hall–Kier alpha value is -2.64. The maximum atomic E-state index is 11.7. The molecule has 1 amide bonds. The van der Waals surface area contributed by atoms with Gasteiger partial charge in [-0.05, 0) is 6.92 Å². The predicted molar refractivity (Wildman–Crippen MR) is 62.6 cm³/mol. The fraction of sp³-hybridized carbons (Fsp3) is 0.273. The van der Waals surface area contributed by atoms with E-state index in [2.05, 4.69) is 20.1 Å². The fourth-order valence-corrected chi connectivity index (χ4v) is 1.47. The van der Waals surface area contributed by atoms with E-state index >= 15 is 0 Å². The van der Waals surface area contributed by atoms with Gasteiger partial charge < -0.3 is 14.9 Å². The van der Waals surface area contributed by atoms with E-state index in [-0.39, 0.29) is 18.0 Å². The van der Waals surface area contributed by atoms with Crippen molar-refractivity contribution < 1.29 is 19.2 Å². The number of carbonyl (C=O) groups excluding carboxylic acids is 1. The van der Waals surface area contributed by atoms with Crippen LogP contribution in [0.15, 0.2) is 16.8 Å². The zero-order chi connectivity index (χ0) is 14.0. The highest BCUT2D eigenvalue weighted by Gasteiger charge is 2.16. The minimum absolute atomic E-state index is 0.0704. The summed E-state index contributed by atoms with van der Waals surface area (Å²) in [7, 11) is 1.80. The molecule has 2 aromatic rings. The molecule has 0 unspecified atom stereocenters. The Bertz CT molecular complexity index is 628. The summed E-state index contributed by atoms with van der Waals surface area (Å²) >= 11 is 0. The molecule has 0 spiro atoms. The van der Waals surface area contributed by atoms with Crippen LogP contribution in [0.25, 0.3) is 0 Å². The third-order valence-corrected chi connectivity index (χ3v) is 2.73. The van der Waals surface area contributed by atoms with Crippen LogP contribution in [-0.4, -0.2) is 31.9 Å². The summed E-state index contributed by atoms with van der Waals surface area (Å²) in [5.74, 6) is -2.14. The Labute approximate surface area is 108 Å². The second-order valence-electron chi connectivity index (χ2n) is 3.94. The molecule has 2 aromatic heterocycles. The van der Waals surface area contributed by atoms with Crippen molar-refractivity contribution in [3.8, 4) is 0 Å². The molecule has 8 heteroatoms. The van der Waals surface area contributed by atoms with Crippen LogP contribution in [0.1, 0.15) is 32.3 Å². The number of carbonyl (C=O) groups is 2. The highest BCUT2D eigenvalue weighted by Crippen LogP contribution is 2.07. The summed E-state index contributed by atoms with van der Waals surface area (Å²) in [4.78, 5) is 22.3. The maximum absolute atomic E-state index is 11.7. The van der Waals surface area contributed by atoms with Gasteiger partial charge in [0.15, 0.2) is 5.69 Å². The van der Waals surface area contributed by atoms with Crippen molar-refractivity contribution in [1.29, 1.82) is 0 Å². The standard InChI is InChI=1S/C11H12N4O4/c1-6-7(5-13-15(6)2)4-12-10(16)8-3-9(11(17)18)19-14-8/h3,5H,4H2,1-2H3,(H,12,16)(H,17,18). The lowest BCUT2D eigenvalue weighted by atomic mass is 10.2. The van der Waals surface area contributed by atoms with E-state index in [1.165, 1.54) is 0 Å². The van der Waals surface area contributed by atoms with E-state index in [4.69, 9.17) is 5.11 Å². The molecule has 0 aliphatic carbocycles. The first-order valence-electron chi connectivity index (χ1n) is 5.44. The first kappa shape index (κ1) is 12.8. The Morgan fingerprint density at radius 2 is 2.26 bits per heavy atom. The molecule has 0 bridgehead atoms. The monoisotopic (exact) mass is 264 g/mol. The van der Waals surface area contributed by atoms with Crippen molar-refractivity contribution in [3.05, 3.63) is 35.0 Å². The minimum atomic E-state index is -1.27. The van der Waals surface area contributed by atoms with E-state index in [1.54, 1.807) is 17.9 Å². The van der Waals surface area contributed by atoms with Crippen molar-refractivity contribution in [2.24, 2.45) is 7.05 Å². The second kappa shape index (κ2) is 4.92. The van der Waals surface area contributed by atoms with E-state index in [9.17, 15) is 9.59 Å². The summed E-state index contributed by atoms with van der Waals surface area (Å²) in [5.41, 5.74) is 1.74. The van der Waals surface area contributed by atoms with Gasteiger partial charge in [-0.2, -0.15) is 5.10 Å². The molecule has 2 rings (SSSR count). The summed E-state index contributed by atoms with van der Waals surface area (Å²) in [6.07, 6.45) is 1.65. The summed E-state index contributed by atoms with van der Waals surface area (Å²) in [6.45, 7) is 2.17. The molecule has 19 heavy (non-hydrogen) atoms. The van der Waals surface area contributed by atoms with Crippen molar-refractivity contribution >= 4 is 11.9 Å². The van der Waals surface area contributed by atoms with Crippen LogP contribution >= 0.6 is 0 Å². The van der Waals surface area contributed by atoms with Crippen LogP contribution in [0.2, 0.25) is 0 Å². The van der Waals surface area contributed by atoms with E-state index < -0.39 is 11.9 Å². The first-order chi connectivity index (χ1) is 8.99. The topological polar surface area (TPSA) is 110 Å². The third kappa shape index (κ3) is 2.62. The Morgan fingerprint density at radius 1 is 1.53 bits per heavy atom. The summed E-state index contributed by atoms with van der Waals surface area (Å²) in [5, 5.41) is 18.7. The SMILES string of the molecule is Cc1c(CNC(=O)c2cc(C(=O)O)on2)cnn1C. The molecule has 8 nitrogen and oxygen atoms in total. The van der Waals surface area contributed by atoms with Crippen LogP contribution < -0.4 is 5.32 Å². The number of aromatic carboxylic acids is 1. The second-order valence-corrected chi connectivity index (χ2v) is 3.94. The van der Waals surface area contributed by atoms with Crippen molar-refractivity contribution in [2.45, 2.75) is 13.5 Å². The molecule has 0 aromatic carbocycles. The molecular weight excluding hydrogens is 252 g/mol. The number of nitrogens with one attached hydrogen (secondary N) is 1. The minimum Gasteiger partial charge on any atom is -0.475 e. The highest BCUT2D eigenvalue weighted by atomic mass is 16.5.